The second kappa shape index (κ2) is 5.51. The predicted octanol–water partition coefficient (Wildman–Crippen LogP) is 3.36. The van der Waals surface area contributed by atoms with Crippen molar-refractivity contribution >= 4 is 5.69 Å². The van der Waals surface area contributed by atoms with Crippen LogP contribution in [0.1, 0.15) is 11.7 Å². The molecule has 0 fully saturated rings. The fraction of sp³-hybridized carbons (Fsp3) is 0.200. The average molecular weight is 226 g/mol. The van der Waals surface area contributed by atoms with Gasteiger partial charge in [0.1, 0.15) is 6.17 Å². The van der Waals surface area contributed by atoms with Crippen molar-refractivity contribution in [1.82, 2.24) is 4.90 Å². The molecular formula is C15H18N2. The van der Waals surface area contributed by atoms with E-state index in [0.717, 1.165) is 5.69 Å². The maximum Gasteiger partial charge on any atom is 0.105 e. The van der Waals surface area contributed by atoms with Crippen LogP contribution in [0.5, 0.6) is 0 Å². The lowest BCUT2D eigenvalue weighted by atomic mass is 10.1. The zero-order valence-corrected chi connectivity index (χ0v) is 10.3. The topological polar surface area (TPSA) is 15.3 Å². The van der Waals surface area contributed by atoms with Crippen molar-refractivity contribution < 1.29 is 0 Å². The molecule has 0 heterocycles. The van der Waals surface area contributed by atoms with Gasteiger partial charge >= 0.3 is 0 Å². The predicted molar refractivity (Wildman–Crippen MR) is 72.9 cm³/mol. The monoisotopic (exact) mass is 226 g/mol. The Kier molecular flexibility index (Phi) is 3.78. The van der Waals surface area contributed by atoms with Crippen molar-refractivity contribution in [2.24, 2.45) is 0 Å². The van der Waals surface area contributed by atoms with E-state index in [4.69, 9.17) is 0 Å². The molecule has 2 heteroatoms. The first-order valence-corrected chi connectivity index (χ1v) is 5.80. The number of anilines is 1. The zero-order chi connectivity index (χ0) is 12.1. The minimum Gasteiger partial charge on any atom is -0.366 e. The normalized spacial score (nSPS) is 12.4. The molecule has 2 aromatic carbocycles. The first kappa shape index (κ1) is 11.7. The lowest BCUT2D eigenvalue weighted by Crippen LogP contribution is -2.26. The summed E-state index contributed by atoms with van der Waals surface area (Å²) < 4.78 is 0. The molecule has 0 aliphatic carbocycles. The van der Waals surface area contributed by atoms with E-state index in [-0.39, 0.29) is 6.17 Å². The van der Waals surface area contributed by atoms with E-state index in [1.54, 1.807) is 0 Å². The van der Waals surface area contributed by atoms with Crippen molar-refractivity contribution in [2.45, 2.75) is 6.17 Å². The van der Waals surface area contributed by atoms with Gasteiger partial charge in [0.15, 0.2) is 0 Å². The molecule has 0 aliphatic rings. The van der Waals surface area contributed by atoms with Gasteiger partial charge < -0.3 is 5.32 Å². The fourth-order valence-corrected chi connectivity index (χ4v) is 1.84. The van der Waals surface area contributed by atoms with Crippen LogP contribution in [0.4, 0.5) is 5.69 Å². The Labute approximate surface area is 103 Å². The molecular weight excluding hydrogens is 208 g/mol. The molecule has 2 aromatic rings. The van der Waals surface area contributed by atoms with Crippen molar-refractivity contribution in [3.8, 4) is 0 Å². The Morgan fingerprint density at radius 1 is 0.824 bits per heavy atom. The molecule has 1 N–H and O–H groups in total. The molecule has 1 atom stereocenters. The zero-order valence-electron chi connectivity index (χ0n) is 10.3. The van der Waals surface area contributed by atoms with Gasteiger partial charge in [0.2, 0.25) is 0 Å². The van der Waals surface area contributed by atoms with E-state index < -0.39 is 0 Å². The highest BCUT2D eigenvalue weighted by Gasteiger charge is 2.12. The molecule has 0 saturated heterocycles. The van der Waals surface area contributed by atoms with E-state index in [0.29, 0.717) is 0 Å². The van der Waals surface area contributed by atoms with Crippen LogP contribution in [0.3, 0.4) is 0 Å². The third-order valence-electron chi connectivity index (χ3n) is 2.71. The van der Waals surface area contributed by atoms with Crippen LogP contribution in [0, 0.1) is 0 Å². The van der Waals surface area contributed by atoms with E-state index in [1.165, 1.54) is 5.56 Å². The van der Waals surface area contributed by atoms with Crippen molar-refractivity contribution in [2.75, 3.05) is 19.4 Å². The van der Waals surface area contributed by atoms with Gasteiger partial charge in [-0.3, -0.25) is 4.90 Å². The summed E-state index contributed by atoms with van der Waals surface area (Å²) in [6, 6.07) is 20.7. The summed E-state index contributed by atoms with van der Waals surface area (Å²) in [5, 5.41) is 3.52. The minimum absolute atomic E-state index is 0.193. The number of benzene rings is 2. The molecule has 2 rings (SSSR count). The van der Waals surface area contributed by atoms with E-state index in [1.807, 2.05) is 24.3 Å². The molecule has 88 valence electrons. The Bertz CT molecular complexity index is 437. The van der Waals surface area contributed by atoms with Crippen LogP contribution in [0.25, 0.3) is 0 Å². The lowest BCUT2D eigenvalue weighted by molar-refractivity contribution is 0.330. The molecule has 1 unspecified atom stereocenters. The Morgan fingerprint density at radius 3 is 1.88 bits per heavy atom. The first-order chi connectivity index (χ1) is 8.27. The molecule has 0 spiro atoms. The highest BCUT2D eigenvalue weighted by Crippen LogP contribution is 2.20. The summed E-state index contributed by atoms with van der Waals surface area (Å²) in [7, 11) is 4.15. The molecule has 0 bridgehead atoms. The summed E-state index contributed by atoms with van der Waals surface area (Å²) in [6.45, 7) is 0. The Hall–Kier alpha value is -1.80. The van der Waals surface area contributed by atoms with Gasteiger partial charge in [-0.1, -0.05) is 48.5 Å². The summed E-state index contributed by atoms with van der Waals surface area (Å²) in [6.07, 6.45) is 0.193. The lowest BCUT2D eigenvalue weighted by Gasteiger charge is -2.26. The standard InChI is InChI=1S/C15H18N2/c1-17(2)15(13-9-5-3-6-10-13)16-14-11-7-4-8-12-14/h3-12,15-16H,1-2H3. The van der Waals surface area contributed by atoms with Gasteiger partial charge in [0.25, 0.3) is 0 Å². The van der Waals surface area contributed by atoms with Gasteiger partial charge in [-0.2, -0.15) is 0 Å². The van der Waals surface area contributed by atoms with Crippen LogP contribution < -0.4 is 5.32 Å². The smallest absolute Gasteiger partial charge is 0.105 e. The van der Waals surface area contributed by atoms with Gasteiger partial charge in [0.05, 0.1) is 0 Å². The Balaban J connectivity index is 2.20. The quantitative estimate of drug-likeness (QED) is 0.804. The highest BCUT2D eigenvalue weighted by atomic mass is 15.2. The number of hydrogen-bond donors (Lipinski definition) is 1. The van der Waals surface area contributed by atoms with Gasteiger partial charge in [-0.15, -0.1) is 0 Å². The maximum absolute atomic E-state index is 3.52. The molecule has 0 saturated carbocycles. The van der Waals surface area contributed by atoms with E-state index >= 15 is 0 Å². The highest BCUT2D eigenvalue weighted by molar-refractivity contribution is 5.44. The van der Waals surface area contributed by atoms with E-state index in [9.17, 15) is 0 Å². The summed E-state index contributed by atoms with van der Waals surface area (Å²) >= 11 is 0. The van der Waals surface area contributed by atoms with Crippen LogP contribution >= 0.6 is 0 Å². The van der Waals surface area contributed by atoms with Crippen LogP contribution in [-0.4, -0.2) is 19.0 Å². The van der Waals surface area contributed by atoms with Crippen molar-refractivity contribution in [1.29, 1.82) is 0 Å². The number of hydrogen-bond acceptors (Lipinski definition) is 2. The number of rotatable bonds is 4. The Morgan fingerprint density at radius 2 is 1.35 bits per heavy atom. The molecule has 2 nitrogen and oxygen atoms in total. The second-order valence-corrected chi connectivity index (χ2v) is 4.29. The van der Waals surface area contributed by atoms with Crippen molar-refractivity contribution in [3.63, 3.8) is 0 Å². The summed E-state index contributed by atoms with van der Waals surface area (Å²) in [5.41, 5.74) is 2.40. The molecule has 0 aromatic heterocycles. The molecule has 0 aliphatic heterocycles. The van der Waals surface area contributed by atoms with Gasteiger partial charge in [0, 0.05) is 5.69 Å². The molecule has 17 heavy (non-hydrogen) atoms. The van der Waals surface area contributed by atoms with Crippen LogP contribution in [-0.2, 0) is 0 Å². The molecule has 0 radical (unpaired) electrons. The second-order valence-electron chi connectivity index (χ2n) is 4.29. The van der Waals surface area contributed by atoms with Gasteiger partial charge in [-0.25, -0.2) is 0 Å². The maximum atomic E-state index is 3.52. The molecule has 0 amide bonds. The third-order valence-corrected chi connectivity index (χ3v) is 2.71. The van der Waals surface area contributed by atoms with Crippen molar-refractivity contribution in [3.05, 3.63) is 66.2 Å². The summed E-state index contributed by atoms with van der Waals surface area (Å²) in [5.74, 6) is 0. The SMILES string of the molecule is CN(C)C(Nc1ccccc1)c1ccccc1. The van der Waals surface area contributed by atoms with Crippen LogP contribution in [0.15, 0.2) is 60.7 Å². The number of nitrogens with zero attached hydrogens (tertiary/aromatic N) is 1. The number of para-hydroxylation sites is 1. The third kappa shape index (κ3) is 3.08. The van der Waals surface area contributed by atoms with Crippen LogP contribution in [0.2, 0.25) is 0 Å². The number of nitrogens with one attached hydrogen (secondary N) is 1. The summed E-state index contributed by atoms with van der Waals surface area (Å²) in [4.78, 5) is 2.17. The van der Waals surface area contributed by atoms with E-state index in [2.05, 4.69) is 60.7 Å². The minimum atomic E-state index is 0.193. The van der Waals surface area contributed by atoms with Gasteiger partial charge in [-0.05, 0) is 31.8 Å². The first-order valence-electron chi connectivity index (χ1n) is 5.80. The average Bonchev–Trinajstić information content (AvgIpc) is 2.38. The fourth-order valence-electron chi connectivity index (χ4n) is 1.84. The largest absolute Gasteiger partial charge is 0.366 e.